The zero-order valence-corrected chi connectivity index (χ0v) is 19.7. The Kier molecular flexibility index (Phi) is 6.33. The van der Waals surface area contributed by atoms with Crippen molar-refractivity contribution >= 4 is 56.0 Å². The highest BCUT2D eigenvalue weighted by atomic mass is 79.9. The molecule has 0 spiro atoms. The normalized spacial score (nSPS) is 16.9. The van der Waals surface area contributed by atoms with Crippen LogP contribution in [0.5, 0.6) is 0 Å². The Bertz CT molecular complexity index is 1270. The lowest BCUT2D eigenvalue weighted by Gasteiger charge is -2.07. The van der Waals surface area contributed by atoms with E-state index >= 15 is 0 Å². The summed E-state index contributed by atoms with van der Waals surface area (Å²) in [5.74, 6) is -0.583. The van der Waals surface area contributed by atoms with Crippen LogP contribution in [0.15, 0.2) is 68.9 Å². The summed E-state index contributed by atoms with van der Waals surface area (Å²) in [5.41, 5.74) is 2.00. The van der Waals surface area contributed by atoms with E-state index < -0.39 is 5.25 Å². The molecule has 2 heterocycles. The first-order valence-corrected chi connectivity index (χ1v) is 11.5. The molecule has 2 N–H and O–H groups in total. The van der Waals surface area contributed by atoms with Gasteiger partial charge in [0.15, 0.2) is 10.9 Å². The lowest BCUT2D eigenvalue weighted by molar-refractivity contribution is -0.122. The van der Waals surface area contributed by atoms with Gasteiger partial charge in [-0.15, -0.1) is 0 Å². The highest BCUT2D eigenvalue weighted by molar-refractivity contribution is 9.10. The van der Waals surface area contributed by atoms with Crippen molar-refractivity contribution in [1.29, 1.82) is 0 Å². The van der Waals surface area contributed by atoms with Crippen LogP contribution >= 0.6 is 27.7 Å². The van der Waals surface area contributed by atoms with Crippen molar-refractivity contribution in [3.05, 3.63) is 75.1 Å². The summed E-state index contributed by atoms with van der Waals surface area (Å²) in [6, 6.07) is 16.4. The minimum atomic E-state index is -0.621. The number of rotatable bonds is 5. The maximum atomic E-state index is 13.0. The van der Waals surface area contributed by atoms with Crippen LogP contribution in [0.25, 0.3) is 5.69 Å². The molecule has 8 nitrogen and oxygen atoms in total. The number of para-hydroxylation sites is 1. The predicted molar refractivity (Wildman–Crippen MR) is 130 cm³/mol. The molecule has 164 valence electrons. The van der Waals surface area contributed by atoms with Crippen LogP contribution in [0.3, 0.4) is 0 Å². The molecule has 1 atom stereocenters. The number of anilines is 1. The second-order valence-corrected chi connectivity index (χ2v) is 9.29. The summed E-state index contributed by atoms with van der Waals surface area (Å²) in [6.45, 7) is 1.80. The van der Waals surface area contributed by atoms with Crippen molar-refractivity contribution in [3.8, 4) is 5.69 Å². The summed E-state index contributed by atoms with van der Waals surface area (Å²) < 4.78 is 4.16. The van der Waals surface area contributed by atoms with Crippen molar-refractivity contribution in [2.45, 2.75) is 18.6 Å². The highest BCUT2D eigenvalue weighted by Crippen LogP contribution is 2.26. The summed E-state index contributed by atoms with van der Waals surface area (Å²) in [4.78, 5) is 42.2. The molecule has 2 aromatic carbocycles. The molecule has 0 radical (unpaired) electrons. The van der Waals surface area contributed by atoms with Crippen molar-refractivity contribution in [3.63, 3.8) is 0 Å². The number of hydrogen-bond donors (Lipinski definition) is 2. The Morgan fingerprint density at radius 1 is 1.16 bits per heavy atom. The third-order valence-electron chi connectivity index (χ3n) is 5.01. The smallest absolute Gasteiger partial charge is 0.297 e. The molecule has 2 amide bonds. The predicted octanol–water partition coefficient (Wildman–Crippen LogP) is 3.49. The lowest BCUT2D eigenvalue weighted by Crippen LogP contribution is -2.28. The van der Waals surface area contributed by atoms with Gasteiger partial charge in [0, 0.05) is 23.6 Å². The van der Waals surface area contributed by atoms with E-state index in [-0.39, 0.29) is 29.5 Å². The molecule has 1 saturated heterocycles. The molecule has 10 heteroatoms. The number of amides is 2. The van der Waals surface area contributed by atoms with Crippen LogP contribution < -0.4 is 16.2 Å². The molecule has 1 aliphatic rings. The lowest BCUT2D eigenvalue weighted by atomic mass is 10.2. The van der Waals surface area contributed by atoms with Gasteiger partial charge in [-0.2, -0.15) is 0 Å². The number of carbonyl (C=O) groups is 2. The van der Waals surface area contributed by atoms with Gasteiger partial charge in [0.25, 0.3) is 5.56 Å². The summed E-state index contributed by atoms with van der Waals surface area (Å²) in [6.07, 6.45) is -0.00635. The molecule has 32 heavy (non-hydrogen) atoms. The van der Waals surface area contributed by atoms with Gasteiger partial charge in [-0.3, -0.25) is 19.1 Å². The number of benzene rings is 2. The minimum Gasteiger partial charge on any atom is -0.326 e. The van der Waals surface area contributed by atoms with E-state index in [1.807, 2.05) is 42.5 Å². The van der Waals surface area contributed by atoms with Gasteiger partial charge in [0.2, 0.25) is 11.8 Å². The number of hydrogen-bond acceptors (Lipinski definition) is 5. The van der Waals surface area contributed by atoms with E-state index in [0.717, 1.165) is 21.9 Å². The first-order valence-electron chi connectivity index (χ1n) is 9.79. The molecule has 1 aliphatic heterocycles. The van der Waals surface area contributed by atoms with Crippen LogP contribution in [0.4, 0.5) is 11.4 Å². The summed E-state index contributed by atoms with van der Waals surface area (Å²) in [5, 5.41) is 5.15. The molecular formula is C22H20BrN5O3S. The van der Waals surface area contributed by atoms with E-state index in [0.29, 0.717) is 16.5 Å². The molecule has 0 aliphatic carbocycles. The molecule has 1 aromatic heterocycles. The fourth-order valence-corrected chi connectivity index (χ4v) is 4.53. The van der Waals surface area contributed by atoms with Gasteiger partial charge in [-0.1, -0.05) is 45.9 Å². The van der Waals surface area contributed by atoms with E-state index in [2.05, 4.69) is 31.6 Å². The Morgan fingerprint density at radius 2 is 1.84 bits per heavy atom. The zero-order chi connectivity index (χ0) is 22.8. The van der Waals surface area contributed by atoms with Gasteiger partial charge >= 0.3 is 0 Å². The largest absolute Gasteiger partial charge is 0.326 e. The number of halogens is 1. The molecule has 0 bridgehead atoms. The van der Waals surface area contributed by atoms with Gasteiger partial charge in [0.1, 0.15) is 5.25 Å². The maximum absolute atomic E-state index is 13.0. The third-order valence-corrected chi connectivity index (χ3v) is 6.62. The van der Waals surface area contributed by atoms with Gasteiger partial charge in [-0.25, -0.2) is 9.67 Å². The number of aliphatic imine (C=N–C) groups is 1. The van der Waals surface area contributed by atoms with Crippen molar-refractivity contribution in [2.24, 2.45) is 12.0 Å². The summed E-state index contributed by atoms with van der Waals surface area (Å²) >= 11 is 4.49. The molecular weight excluding hydrogens is 494 g/mol. The SMILES string of the molecule is Cc1c(N=C2NC(=O)C(CC(=O)Nc3ccc(Br)cc3)S2)c(=O)n(-c2ccccc2)n1C. The molecule has 1 fully saturated rings. The molecule has 4 rings (SSSR count). The Morgan fingerprint density at radius 3 is 2.53 bits per heavy atom. The van der Waals surface area contributed by atoms with E-state index in [1.54, 1.807) is 30.8 Å². The van der Waals surface area contributed by atoms with Crippen LogP contribution in [0.1, 0.15) is 12.1 Å². The first-order chi connectivity index (χ1) is 15.3. The Hall–Kier alpha value is -3.11. The molecule has 0 saturated carbocycles. The first kappa shape index (κ1) is 22.1. The number of thioether (sulfide) groups is 1. The number of nitrogens with zero attached hydrogens (tertiary/aromatic N) is 3. The monoisotopic (exact) mass is 513 g/mol. The number of nitrogens with one attached hydrogen (secondary N) is 2. The second kappa shape index (κ2) is 9.17. The van der Waals surface area contributed by atoms with E-state index in [1.165, 1.54) is 4.68 Å². The van der Waals surface area contributed by atoms with Crippen LogP contribution in [0, 0.1) is 6.92 Å². The average molecular weight is 514 g/mol. The maximum Gasteiger partial charge on any atom is 0.297 e. The van der Waals surface area contributed by atoms with Crippen molar-refractivity contribution < 1.29 is 9.59 Å². The number of amidine groups is 1. The van der Waals surface area contributed by atoms with Crippen LogP contribution in [-0.4, -0.2) is 31.6 Å². The number of carbonyl (C=O) groups excluding carboxylic acids is 2. The third kappa shape index (κ3) is 4.56. The van der Waals surface area contributed by atoms with Crippen molar-refractivity contribution in [2.75, 3.05) is 5.32 Å². The zero-order valence-electron chi connectivity index (χ0n) is 17.3. The summed E-state index contributed by atoms with van der Waals surface area (Å²) in [7, 11) is 1.78. The number of aromatic nitrogens is 2. The Labute approximate surface area is 196 Å². The minimum absolute atomic E-state index is 0.00635. The van der Waals surface area contributed by atoms with Gasteiger partial charge in [0.05, 0.1) is 11.4 Å². The molecule has 1 unspecified atom stereocenters. The van der Waals surface area contributed by atoms with Gasteiger partial charge in [-0.05, 0) is 43.3 Å². The second-order valence-electron chi connectivity index (χ2n) is 7.18. The van der Waals surface area contributed by atoms with E-state index in [9.17, 15) is 14.4 Å². The fraction of sp³-hybridized carbons (Fsp3) is 0.182. The average Bonchev–Trinajstić information content (AvgIpc) is 3.21. The van der Waals surface area contributed by atoms with Crippen LogP contribution in [0.2, 0.25) is 0 Å². The molecule has 3 aromatic rings. The van der Waals surface area contributed by atoms with Gasteiger partial charge < -0.3 is 10.6 Å². The topological polar surface area (TPSA) is 97.5 Å². The fourth-order valence-electron chi connectivity index (χ4n) is 3.29. The standard InChI is InChI=1S/C22H20BrN5O3S/c1-13-19(21(31)28(27(13)2)16-6-4-3-5-7-16)25-22-26-20(30)17(32-22)12-18(29)24-15-10-8-14(23)9-11-15/h3-11,17H,12H2,1-2H3,(H,24,29)(H,25,26,30). The van der Waals surface area contributed by atoms with Crippen molar-refractivity contribution in [1.82, 2.24) is 14.7 Å². The quantitative estimate of drug-likeness (QED) is 0.545. The highest BCUT2D eigenvalue weighted by Gasteiger charge is 2.32. The van der Waals surface area contributed by atoms with E-state index in [4.69, 9.17) is 0 Å². The van der Waals surface area contributed by atoms with Crippen LogP contribution in [-0.2, 0) is 16.6 Å². The Balaban J connectivity index is 1.51.